The largest absolute Gasteiger partial charge is 0.497 e. The van der Waals surface area contributed by atoms with E-state index in [1.54, 1.807) is 31.4 Å². The lowest BCUT2D eigenvalue weighted by Gasteiger charge is -2.29. The van der Waals surface area contributed by atoms with E-state index in [4.69, 9.17) is 38.9 Å². The topological polar surface area (TPSA) is 154 Å². The molecule has 0 radical (unpaired) electrons. The molecule has 6 aromatic rings. The van der Waals surface area contributed by atoms with Gasteiger partial charge in [-0.15, -0.1) is 0 Å². The summed E-state index contributed by atoms with van der Waals surface area (Å²) in [5.41, 5.74) is 6.86. The molecule has 0 bridgehead atoms. The molecule has 11 nitrogen and oxygen atoms in total. The zero-order valence-corrected chi connectivity index (χ0v) is 70.4. The number of nitriles is 2. The van der Waals surface area contributed by atoms with Crippen molar-refractivity contribution in [2.75, 3.05) is 20.3 Å². The van der Waals surface area contributed by atoms with E-state index in [-0.39, 0.29) is 72.8 Å². The van der Waals surface area contributed by atoms with Crippen molar-refractivity contribution in [3.8, 4) is 57.8 Å². The Hall–Kier alpha value is -7.89. The molecule has 0 spiro atoms. The van der Waals surface area contributed by atoms with Crippen LogP contribution in [0.3, 0.4) is 0 Å². The van der Waals surface area contributed by atoms with E-state index in [9.17, 15) is 14.4 Å². The number of esters is 3. The number of carbonyl (C=O) groups excluding carboxylic acids is 3. The van der Waals surface area contributed by atoms with Crippen LogP contribution in [0, 0.1) is 70.0 Å². The van der Waals surface area contributed by atoms with Gasteiger partial charge < -0.3 is 28.4 Å². The first-order valence-electron chi connectivity index (χ1n) is 44.7. The molecule has 0 aliphatic heterocycles. The van der Waals surface area contributed by atoms with E-state index in [0.717, 1.165) is 115 Å². The molecule has 11 heteroatoms. The van der Waals surface area contributed by atoms with Gasteiger partial charge in [-0.05, 0) is 303 Å². The van der Waals surface area contributed by atoms with Crippen LogP contribution in [0.4, 0.5) is 0 Å². The fourth-order valence-corrected chi connectivity index (χ4v) is 17.2. The third kappa shape index (κ3) is 39.7. The van der Waals surface area contributed by atoms with Crippen LogP contribution in [0.25, 0.3) is 11.1 Å². The fraction of sp³-hybridized carbons (Fsp3) is 0.613. The number of benzene rings is 6. The molecule has 0 atom stereocenters. The van der Waals surface area contributed by atoms with E-state index in [2.05, 4.69) is 90.1 Å². The second-order valence-corrected chi connectivity index (χ2v) is 32.9. The Balaban J connectivity index is 0.000000492. The molecular formula is C106H162N2O9. The number of methoxy groups -OCH3 is 1. The Labute approximate surface area is 714 Å². The van der Waals surface area contributed by atoms with E-state index in [0.29, 0.717) is 30.5 Å². The number of rotatable bonds is 34. The highest BCUT2D eigenvalue weighted by molar-refractivity contribution is 5.76. The predicted molar refractivity (Wildman–Crippen MR) is 493 cm³/mol. The van der Waals surface area contributed by atoms with Crippen molar-refractivity contribution >= 4 is 17.9 Å². The van der Waals surface area contributed by atoms with Gasteiger partial charge in [0.15, 0.2) is 0 Å². The molecule has 0 N–H and O–H groups in total. The molecule has 5 aliphatic carbocycles. The van der Waals surface area contributed by atoms with Gasteiger partial charge in [0.05, 0.1) is 61.3 Å². The number of unbranched alkanes of at least 4 members (excludes halogenated alkanes) is 9. The van der Waals surface area contributed by atoms with Crippen LogP contribution in [-0.4, -0.2) is 38.2 Å². The van der Waals surface area contributed by atoms with Crippen molar-refractivity contribution in [2.24, 2.45) is 47.3 Å². The highest BCUT2D eigenvalue weighted by Gasteiger charge is 2.31. The van der Waals surface area contributed by atoms with E-state index in [1.165, 1.54) is 234 Å². The van der Waals surface area contributed by atoms with Gasteiger partial charge in [0, 0.05) is 0 Å². The van der Waals surface area contributed by atoms with Gasteiger partial charge in [0.25, 0.3) is 0 Å². The van der Waals surface area contributed by atoms with Crippen molar-refractivity contribution in [3.05, 3.63) is 168 Å². The molecule has 650 valence electrons. The molecule has 117 heavy (non-hydrogen) atoms. The first-order chi connectivity index (χ1) is 54.8. The summed E-state index contributed by atoms with van der Waals surface area (Å²) in [7, 11) is 1.62. The standard InChI is InChI=1S/C24H29N.C21H32O3.2C19H28O3.C18H25N.5CH4/c1-2-3-4-5-19-6-10-21(11-7-19)23-14-16-24(17-15-23)22-12-8-20(18-25)9-13-22;1-3-5-6-7-17-8-10-18(11-9-17)21(22)24-20-14-12-19(13-15-20)23-16-4-2;1-3-4-5-6-15-7-9-16(10-8-15)19(20)22-18-13-11-17(21-2)12-14-18;1-3-5-6-15-7-9-16(10-8-15)19(20)22-18-13-11-17(12-14-18)21-4-2;1-2-3-4-5-15-6-10-17(11-7-15)18-12-8-16(14-19)9-13-18;;;;;/h8-9,12-17,19,21H,2-7,10-11H2,1H3;12-15,17-18H,3-11,16H2,1-2H3;2*11-16H,3-10H2,1-2H3;8-9,12-13,15,17H,2-7,10-11H2,1H3;5*1H4. The minimum absolute atomic E-state index is 0. The average Bonchev–Trinajstić information content (AvgIpc) is 0.847. The molecule has 0 amide bonds. The third-order valence-corrected chi connectivity index (χ3v) is 24.5. The van der Waals surface area contributed by atoms with E-state index in [1.807, 2.05) is 91.9 Å². The predicted octanol–water partition coefficient (Wildman–Crippen LogP) is 31.4. The third-order valence-electron chi connectivity index (χ3n) is 24.5. The smallest absolute Gasteiger partial charge is 0.314 e. The maximum atomic E-state index is 12.3. The van der Waals surface area contributed by atoms with Gasteiger partial charge in [-0.25, -0.2) is 0 Å². The highest BCUT2D eigenvalue weighted by Crippen LogP contribution is 2.42. The average molecular weight is 1610 g/mol. The first kappa shape index (κ1) is 105. The number of hydrogen-bond donors (Lipinski definition) is 0. The Kier molecular flexibility index (Phi) is 56.0. The lowest BCUT2D eigenvalue weighted by atomic mass is 9.77. The molecule has 5 aliphatic rings. The van der Waals surface area contributed by atoms with Crippen LogP contribution < -0.4 is 28.4 Å². The summed E-state index contributed by atoms with van der Waals surface area (Å²) in [6.45, 7) is 16.7. The summed E-state index contributed by atoms with van der Waals surface area (Å²) in [5.74, 6) is 10.1. The maximum Gasteiger partial charge on any atom is 0.314 e. The van der Waals surface area contributed by atoms with E-state index >= 15 is 0 Å². The molecule has 0 heterocycles. The normalized spacial score (nSPS) is 20.3. The fourth-order valence-electron chi connectivity index (χ4n) is 17.2. The highest BCUT2D eigenvalue weighted by atomic mass is 16.5. The summed E-state index contributed by atoms with van der Waals surface area (Å²) >= 11 is 0. The van der Waals surface area contributed by atoms with Gasteiger partial charge in [-0.1, -0.05) is 249 Å². The lowest BCUT2D eigenvalue weighted by Crippen LogP contribution is -2.25. The second kappa shape index (κ2) is 62.3. The van der Waals surface area contributed by atoms with Gasteiger partial charge in [-0.2, -0.15) is 10.5 Å². The van der Waals surface area contributed by atoms with Crippen LogP contribution in [0.5, 0.6) is 34.5 Å². The molecule has 0 unspecified atom stereocenters. The van der Waals surface area contributed by atoms with Crippen LogP contribution in [0.2, 0.25) is 0 Å². The number of hydrogen-bond acceptors (Lipinski definition) is 11. The summed E-state index contributed by atoms with van der Waals surface area (Å²) in [6, 6.07) is 51.4. The van der Waals surface area contributed by atoms with Crippen molar-refractivity contribution in [2.45, 2.75) is 354 Å². The minimum Gasteiger partial charge on any atom is -0.497 e. The number of ether oxygens (including phenoxy) is 6. The zero-order chi connectivity index (χ0) is 79.8. The molecule has 6 aromatic carbocycles. The van der Waals surface area contributed by atoms with Crippen molar-refractivity contribution < 1.29 is 42.8 Å². The van der Waals surface area contributed by atoms with Crippen LogP contribution in [-0.2, 0) is 14.4 Å². The van der Waals surface area contributed by atoms with Crippen molar-refractivity contribution in [3.63, 3.8) is 0 Å². The first-order valence-corrected chi connectivity index (χ1v) is 44.7. The molecule has 0 aromatic heterocycles. The van der Waals surface area contributed by atoms with Gasteiger partial charge in [0.2, 0.25) is 0 Å². The van der Waals surface area contributed by atoms with Crippen molar-refractivity contribution in [1.82, 2.24) is 0 Å². The summed E-state index contributed by atoms with van der Waals surface area (Å²) < 4.78 is 32.6. The molecule has 11 rings (SSSR count). The molecule has 5 saturated carbocycles. The Morgan fingerprint density at radius 1 is 0.299 bits per heavy atom. The van der Waals surface area contributed by atoms with Crippen LogP contribution in [0.1, 0.15) is 377 Å². The monoisotopic (exact) mass is 1610 g/mol. The zero-order valence-electron chi connectivity index (χ0n) is 70.4. The van der Waals surface area contributed by atoms with Crippen LogP contribution >= 0.6 is 0 Å². The number of carbonyl (C=O) groups is 3. The summed E-state index contributed by atoms with van der Waals surface area (Å²) in [5, 5.41) is 17.7. The minimum atomic E-state index is -0.0721. The molecule has 0 saturated heterocycles. The summed E-state index contributed by atoms with van der Waals surface area (Å²) in [6.07, 6.45) is 50.5. The Morgan fingerprint density at radius 3 is 0.838 bits per heavy atom. The second-order valence-electron chi connectivity index (χ2n) is 32.9. The van der Waals surface area contributed by atoms with E-state index < -0.39 is 0 Å². The van der Waals surface area contributed by atoms with Gasteiger partial charge >= 0.3 is 17.9 Å². The van der Waals surface area contributed by atoms with Gasteiger partial charge in [0.1, 0.15) is 34.5 Å². The maximum absolute atomic E-state index is 12.3. The van der Waals surface area contributed by atoms with Gasteiger partial charge in [-0.3, -0.25) is 14.4 Å². The molecular weight excluding hydrogens is 1450 g/mol. The van der Waals surface area contributed by atoms with Crippen LogP contribution in [0.15, 0.2) is 146 Å². The molecule has 5 fully saturated rings. The lowest BCUT2D eigenvalue weighted by molar-refractivity contribution is -0.141. The SMILES string of the molecule is C.C.C.C.C.CCCCC1CCC(C(=O)Oc2ccc(OCC)cc2)CC1.CCCCCC1CCC(C(=O)Oc2ccc(OC)cc2)CC1.CCCCCC1CCC(C(=O)Oc2ccc(OCCC)cc2)CC1.CCCCCC1CCC(c2ccc(-c3ccc(C#N)cc3)cc2)CC1.CCCCCC1CCC(c2ccc(C#N)cc2)CC1. The Morgan fingerprint density at radius 2 is 0.556 bits per heavy atom. The Bertz CT molecular complexity index is 3560. The summed E-state index contributed by atoms with van der Waals surface area (Å²) in [4.78, 5) is 36.8. The quantitative estimate of drug-likeness (QED) is 0.0215. The van der Waals surface area contributed by atoms with Crippen molar-refractivity contribution in [1.29, 1.82) is 10.5 Å². The number of nitrogens with zero attached hydrogens (tertiary/aromatic N) is 2.